The Morgan fingerprint density at radius 1 is 1.19 bits per heavy atom. The van der Waals surface area contributed by atoms with Gasteiger partial charge in [0, 0.05) is 19.3 Å². The third-order valence-corrected chi connectivity index (χ3v) is 3.63. The summed E-state index contributed by atoms with van der Waals surface area (Å²) >= 11 is 0. The normalized spacial score (nSPS) is 10.5. The lowest BCUT2D eigenvalue weighted by atomic mass is 10.1. The molecule has 3 N–H and O–H groups in total. The van der Waals surface area contributed by atoms with E-state index >= 15 is 0 Å². The smallest absolute Gasteiger partial charge is 0.140 e. The van der Waals surface area contributed by atoms with Crippen molar-refractivity contribution < 1.29 is 0 Å². The summed E-state index contributed by atoms with van der Waals surface area (Å²) in [6, 6.07) is 10.2. The Morgan fingerprint density at radius 2 is 1.86 bits per heavy atom. The van der Waals surface area contributed by atoms with E-state index in [-0.39, 0.29) is 5.84 Å². The molecule has 0 fully saturated rings. The lowest BCUT2D eigenvalue weighted by Crippen LogP contribution is -2.25. The molecule has 0 bridgehead atoms. The quantitative estimate of drug-likeness (QED) is 0.669. The summed E-state index contributed by atoms with van der Waals surface area (Å²) in [5.41, 5.74) is 10.9. The average molecular weight is 282 g/mol. The van der Waals surface area contributed by atoms with Gasteiger partial charge in [-0.3, -0.25) is 5.41 Å². The van der Waals surface area contributed by atoms with Gasteiger partial charge in [-0.15, -0.1) is 0 Å². The summed E-state index contributed by atoms with van der Waals surface area (Å²) in [5.74, 6) is 0.829. The number of benzene rings is 1. The Morgan fingerprint density at radius 3 is 2.48 bits per heavy atom. The van der Waals surface area contributed by atoms with E-state index in [1.807, 2.05) is 39.1 Å². The second kappa shape index (κ2) is 5.95. The minimum atomic E-state index is 0.0617. The molecular weight excluding hydrogens is 260 g/mol. The fourth-order valence-electron chi connectivity index (χ4n) is 2.54. The molecule has 0 aliphatic heterocycles. The Labute approximate surface area is 126 Å². The van der Waals surface area contributed by atoms with Crippen LogP contribution in [0.15, 0.2) is 30.3 Å². The van der Waals surface area contributed by atoms with Crippen molar-refractivity contribution in [2.45, 2.75) is 27.3 Å². The van der Waals surface area contributed by atoms with Crippen molar-refractivity contribution in [3.05, 3.63) is 58.3 Å². The highest BCUT2D eigenvalue weighted by molar-refractivity contribution is 6.01. The molecule has 21 heavy (non-hydrogen) atoms. The number of hydrogen-bond acceptors (Lipinski definition) is 3. The topological polar surface area (TPSA) is 66.0 Å². The van der Waals surface area contributed by atoms with E-state index in [4.69, 9.17) is 11.1 Å². The van der Waals surface area contributed by atoms with Crippen molar-refractivity contribution in [3.8, 4) is 0 Å². The number of hydrogen-bond donors (Lipinski definition) is 2. The van der Waals surface area contributed by atoms with Gasteiger partial charge in [0.05, 0.1) is 5.56 Å². The van der Waals surface area contributed by atoms with E-state index in [0.717, 1.165) is 29.2 Å². The van der Waals surface area contributed by atoms with Crippen molar-refractivity contribution >= 4 is 11.7 Å². The summed E-state index contributed by atoms with van der Waals surface area (Å²) in [6.45, 7) is 6.77. The van der Waals surface area contributed by atoms with Crippen LogP contribution in [0.4, 0.5) is 5.82 Å². The molecule has 1 aromatic heterocycles. The zero-order valence-electron chi connectivity index (χ0n) is 13.1. The number of aromatic nitrogens is 1. The maximum absolute atomic E-state index is 7.81. The van der Waals surface area contributed by atoms with Crippen LogP contribution in [0.25, 0.3) is 0 Å². The van der Waals surface area contributed by atoms with E-state index in [2.05, 4.69) is 28.9 Å². The molecule has 0 unspecified atom stereocenters. The molecule has 0 atom stereocenters. The molecule has 2 rings (SSSR count). The molecule has 0 aliphatic rings. The summed E-state index contributed by atoms with van der Waals surface area (Å²) in [7, 11) is 1.99. The van der Waals surface area contributed by atoms with Gasteiger partial charge in [0.2, 0.25) is 0 Å². The Kier molecular flexibility index (Phi) is 4.26. The average Bonchev–Trinajstić information content (AvgIpc) is 2.39. The van der Waals surface area contributed by atoms with E-state index in [1.165, 1.54) is 11.1 Å². The zero-order valence-corrected chi connectivity index (χ0v) is 13.1. The summed E-state index contributed by atoms with van der Waals surface area (Å²) in [4.78, 5) is 6.64. The molecule has 0 radical (unpaired) electrons. The molecule has 1 aromatic carbocycles. The number of nitrogen functional groups attached to an aromatic ring is 1. The molecule has 0 amide bonds. The number of nitrogens with two attached hydrogens (primary N) is 1. The number of nitrogens with one attached hydrogen (secondary N) is 1. The molecule has 110 valence electrons. The van der Waals surface area contributed by atoms with E-state index in [9.17, 15) is 0 Å². The van der Waals surface area contributed by atoms with Crippen LogP contribution in [-0.4, -0.2) is 17.9 Å². The van der Waals surface area contributed by atoms with Crippen molar-refractivity contribution in [2.24, 2.45) is 5.73 Å². The standard InChI is InChI=1S/C17H22N4/c1-11-7-5-6-8-14(11)10-21(4)17-15(16(18)19)12(2)9-13(3)20-17/h5-9H,10H2,1-4H3,(H3,18,19). The summed E-state index contributed by atoms with van der Waals surface area (Å²) < 4.78 is 0. The fraction of sp³-hybridized carbons (Fsp3) is 0.294. The number of aryl methyl sites for hydroxylation is 3. The second-order valence-electron chi connectivity index (χ2n) is 5.48. The van der Waals surface area contributed by atoms with Gasteiger partial charge in [0.25, 0.3) is 0 Å². The predicted octanol–water partition coefficient (Wildman–Crippen LogP) is 2.93. The first-order valence-corrected chi connectivity index (χ1v) is 6.98. The van der Waals surface area contributed by atoms with Crippen LogP contribution < -0.4 is 10.6 Å². The Bertz CT molecular complexity index is 676. The molecular formula is C17H22N4. The van der Waals surface area contributed by atoms with Crippen LogP contribution in [0.5, 0.6) is 0 Å². The van der Waals surface area contributed by atoms with Crippen LogP contribution in [-0.2, 0) is 6.54 Å². The zero-order chi connectivity index (χ0) is 15.6. The van der Waals surface area contributed by atoms with Gasteiger partial charge in [0.1, 0.15) is 11.7 Å². The highest BCUT2D eigenvalue weighted by atomic mass is 15.2. The second-order valence-corrected chi connectivity index (χ2v) is 5.48. The van der Waals surface area contributed by atoms with Crippen LogP contribution in [0.2, 0.25) is 0 Å². The number of anilines is 1. The molecule has 0 aliphatic carbocycles. The van der Waals surface area contributed by atoms with Gasteiger partial charge in [-0.2, -0.15) is 0 Å². The first kappa shape index (κ1) is 15.0. The maximum Gasteiger partial charge on any atom is 0.140 e. The van der Waals surface area contributed by atoms with Gasteiger partial charge in [-0.1, -0.05) is 24.3 Å². The molecule has 0 saturated heterocycles. The van der Waals surface area contributed by atoms with E-state index in [0.29, 0.717) is 0 Å². The summed E-state index contributed by atoms with van der Waals surface area (Å²) in [5, 5.41) is 7.81. The van der Waals surface area contributed by atoms with E-state index < -0.39 is 0 Å². The monoisotopic (exact) mass is 282 g/mol. The predicted molar refractivity (Wildman–Crippen MR) is 88.0 cm³/mol. The highest BCUT2D eigenvalue weighted by Crippen LogP contribution is 2.23. The fourth-order valence-corrected chi connectivity index (χ4v) is 2.54. The van der Waals surface area contributed by atoms with Crippen molar-refractivity contribution in [3.63, 3.8) is 0 Å². The van der Waals surface area contributed by atoms with Crippen molar-refractivity contribution in [1.29, 1.82) is 5.41 Å². The number of amidine groups is 1. The highest BCUT2D eigenvalue weighted by Gasteiger charge is 2.16. The number of nitrogens with zero attached hydrogens (tertiary/aromatic N) is 2. The van der Waals surface area contributed by atoms with Crippen LogP contribution in [0, 0.1) is 26.2 Å². The number of pyridine rings is 1. The van der Waals surface area contributed by atoms with Gasteiger partial charge in [0.15, 0.2) is 0 Å². The van der Waals surface area contributed by atoms with Crippen LogP contribution in [0.1, 0.15) is 27.9 Å². The van der Waals surface area contributed by atoms with E-state index in [1.54, 1.807) is 0 Å². The van der Waals surface area contributed by atoms with Crippen LogP contribution in [0.3, 0.4) is 0 Å². The van der Waals surface area contributed by atoms with Gasteiger partial charge < -0.3 is 10.6 Å². The molecule has 0 saturated carbocycles. The van der Waals surface area contributed by atoms with Crippen molar-refractivity contribution in [1.82, 2.24) is 4.98 Å². The lowest BCUT2D eigenvalue weighted by molar-refractivity contribution is 0.881. The first-order valence-electron chi connectivity index (χ1n) is 6.98. The minimum Gasteiger partial charge on any atom is -0.384 e. The molecule has 0 spiro atoms. The third kappa shape index (κ3) is 3.21. The van der Waals surface area contributed by atoms with Crippen molar-refractivity contribution in [2.75, 3.05) is 11.9 Å². The van der Waals surface area contributed by atoms with Gasteiger partial charge >= 0.3 is 0 Å². The molecule has 2 aromatic rings. The molecule has 1 heterocycles. The van der Waals surface area contributed by atoms with Crippen LogP contribution >= 0.6 is 0 Å². The van der Waals surface area contributed by atoms with Gasteiger partial charge in [-0.05, 0) is 43.5 Å². The van der Waals surface area contributed by atoms with Gasteiger partial charge in [-0.25, -0.2) is 4.98 Å². The molecule has 4 nitrogen and oxygen atoms in total. The first-order chi connectivity index (χ1) is 9.90. The third-order valence-electron chi connectivity index (χ3n) is 3.63. The summed E-state index contributed by atoms with van der Waals surface area (Å²) in [6.07, 6.45) is 0. The largest absolute Gasteiger partial charge is 0.384 e. The Balaban J connectivity index is 2.41. The SMILES string of the molecule is Cc1cc(C)c(C(=N)N)c(N(C)Cc2ccccc2C)n1. The lowest BCUT2D eigenvalue weighted by Gasteiger charge is -2.23. The maximum atomic E-state index is 7.81. The minimum absolute atomic E-state index is 0.0617. The molecule has 4 heteroatoms. The number of rotatable bonds is 4. The Hall–Kier alpha value is -2.36.